The Morgan fingerprint density at radius 1 is 1.05 bits per heavy atom. The van der Waals surface area contributed by atoms with Gasteiger partial charge in [0.2, 0.25) is 0 Å². The molecule has 3 aromatic rings. The van der Waals surface area contributed by atoms with Gasteiger partial charge in [-0.25, -0.2) is 9.59 Å². The normalized spacial score (nSPS) is 24.6. The summed E-state index contributed by atoms with van der Waals surface area (Å²) in [5.41, 5.74) is 9.29. The highest BCUT2D eigenvalue weighted by atomic mass is 16.6. The van der Waals surface area contributed by atoms with E-state index < -0.39 is 23.8 Å². The fraction of sp³-hybridized carbons (Fsp3) is 0.333. The number of benzene rings is 3. The number of amides is 2. The molecule has 12 heteroatoms. The first-order valence-corrected chi connectivity index (χ1v) is 13.6. The molecule has 12 nitrogen and oxygen atoms in total. The number of aromatic hydroxyl groups is 2. The Kier molecular flexibility index (Phi) is 5.89. The molecular weight excluding hydrogens is 542 g/mol. The highest BCUT2D eigenvalue weighted by molar-refractivity contribution is 5.85. The zero-order valence-corrected chi connectivity index (χ0v) is 22.9. The molecular formula is C30H29N5O7. The lowest BCUT2D eigenvalue weighted by atomic mass is 9.88. The third-order valence-electron chi connectivity index (χ3n) is 9.01. The molecule has 2 saturated heterocycles. The number of nitrogens with one attached hydrogen (secondary N) is 1. The summed E-state index contributed by atoms with van der Waals surface area (Å²) in [6, 6.07) is 16.0. The van der Waals surface area contributed by atoms with E-state index in [2.05, 4.69) is 15.5 Å². The number of methoxy groups -OCH3 is 1. The van der Waals surface area contributed by atoms with Crippen LogP contribution in [0.3, 0.4) is 0 Å². The van der Waals surface area contributed by atoms with E-state index in [0.717, 1.165) is 22.3 Å². The van der Waals surface area contributed by atoms with Crippen molar-refractivity contribution >= 4 is 23.6 Å². The van der Waals surface area contributed by atoms with Gasteiger partial charge in [0.05, 0.1) is 17.6 Å². The van der Waals surface area contributed by atoms with Gasteiger partial charge in [-0.1, -0.05) is 53.6 Å². The van der Waals surface area contributed by atoms with E-state index in [1.54, 1.807) is 6.92 Å². The second-order valence-electron chi connectivity index (χ2n) is 10.9. The predicted molar refractivity (Wildman–Crippen MR) is 150 cm³/mol. The van der Waals surface area contributed by atoms with Crippen LogP contribution in [0, 0.1) is 6.92 Å². The van der Waals surface area contributed by atoms with Gasteiger partial charge in [0.25, 0.3) is 0 Å². The number of nitrogens with two attached hydrogens (primary N) is 1. The maximum absolute atomic E-state index is 12.8. The number of hydrogen-bond donors (Lipinski definition) is 4. The molecule has 2 fully saturated rings. The molecule has 5 N–H and O–H groups in total. The third kappa shape index (κ3) is 3.61. The van der Waals surface area contributed by atoms with Crippen LogP contribution >= 0.6 is 0 Å². The van der Waals surface area contributed by atoms with Gasteiger partial charge in [0.1, 0.15) is 30.4 Å². The summed E-state index contributed by atoms with van der Waals surface area (Å²) in [6.07, 6.45) is -1.92. The van der Waals surface area contributed by atoms with E-state index in [-0.39, 0.29) is 59.5 Å². The van der Waals surface area contributed by atoms with Gasteiger partial charge in [0.15, 0.2) is 5.72 Å². The Labute approximate surface area is 240 Å². The summed E-state index contributed by atoms with van der Waals surface area (Å²) in [7, 11) is 1.53. The molecule has 7 rings (SSSR count). The molecule has 3 aromatic carbocycles. The molecule has 0 spiro atoms. The lowest BCUT2D eigenvalue weighted by Gasteiger charge is -2.38. The van der Waals surface area contributed by atoms with Crippen LogP contribution in [0.15, 0.2) is 58.8 Å². The van der Waals surface area contributed by atoms with Crippen molar-refractivity contribution in [2.24, 2.45) is 16.0 Å². The molecule has 42 heavy (non-hydrogen) atoms. The maximum atomic E-state index is 12.8. The average molecular weight is 572 g/mol. The quantitative estimate of drug-likeness (QED) is 0.192. The first-order chi connectivity index (χ1) is 20.3. The number of nitrogens with zero attached hydrogens (tertiary/aromatic N) is 3. The van der Waals surface area contributed by atoms with Crippen LogP contribution < -0.4 is 16.0 Å². The van der Waals surface area contributed by atoms with Crippen molar-refractivity contribution in [1.82, 2.24) is 5.32 Å². The number of anilines is 1. The van der Waals surface area contributed by atoms with E-state index in [1.165, 1.54) is 7.11 Å². The largest absolute Gasteiger partial charge is 0.505 e. The standard InChI is InChI=1S/C30H29N5O7/c1-14-23(33-34-29(39)42-12-19-17-9-5-3-7-15(17)16-8-4-6-10-18(16)19)26(37)22-20(13-41-28(31)38)30(40-2)27-21(32-27)11-35(30)24(22)25(14)36/h3-10,19-21,27,32,36-37H,11-13H2,1-2H3,(H2,31,38)/t20-,21+,27+,30-/m1/s1. The minimum absolute atomic E-state index is 0.0552. The molecule has 0 aromatic heterocycles. The van der Waals surface area contributed by atoms with Crippen LogP contribution in [0.5, 0.6) is 11.5 Å². The number of carbonyl (C=O) groups excluding carboxylic acids is 2. The minimum atomic E-state index is -1.04. The number of carbonyl (C=O) groups is 2. The number of phenols is 2. The molecule has 3 aliphatic heterocycles. The zero-order valence-electron chi connectivity index (χ0n) is 22.9. The topological polar surface area (TPSA) is 178 Å². The van der Waals surface area contributed by atoms with Crippen molar-refractivity contribution in [3.8, 4) is 22.6 Å². The molecule has 4 atom stereocenters. The molecule has 0 saturated carbocycles. The number of fused-ring (bicyclic) bond motifs is 8. The summed E-state index contributed by atoms with van der Waals surface area (Å²) >= 11 is 0. The van der Waals surface area contributed by atoms with Crippen LogP contribution in [0.25, 0.3) is 11.1 Å². The molecule has 3 heterocycles. The van der Waals surface area contributed by atoms with Crippen molar-refractivity contribution in [2.75, 3.05) is 31.8 Å². The number of ether oxygens (including phenoxy) is 3. The molecule has 0 radical (unpaired) electrons. The highest BCUT2D eigenvalue weighted by Gasteiger charge is 2.71. The minimum Gasteiger partial charge on any atom is -0.505 e. The van der Waals surface area contributed by atoms with Gasteiger partial charge in [-0.3, -0.25) is 0 Å². The number of phenolic OH excluding ortho intramolecular Hbond substituents is 2. The fourth-order valence-corrected chi connectivity index (χ4v) is 7.15. The smallest absolute Gasteiger partial charge is 0.452 e. The van der Waals surface area contributed by atoms with Crippen molar-refractivity contribution < 1.29 is 34.0 Å². The van der Waals surface area contributed by atoms with Gasteiger partial charge in [-0.2, -0.15) is 0 Å². The first kappa shape index (κ1) is 26.2. The third-order valence-corrected chi connectivity index (χ3v) is 9.01. The second-order valence-corrected chi connectivity index (χ2v) is 10.9. The van der Waals surface area contributed by atoms with Gasteiger partial charge in [0, 0.05) is 36.7 Å². The van der Waals surface area contributed by atoms with Gasteiger partial charge in [-0.05, 0) is 29.2 Å². The summed E-state index contributed by atoms with van der Waals surface area (Å²) in [5, 5.41) is 33.8. The fourth-order valence-electron chi connectivity index (χ4n) is 7.15. The molecule has 216 valence electrons. The lowest BCUT2D eigenvalue weighted by molar-refractivity contribution is -0.0337. The van der Waals surface area contributed by atoms with Crippen molar-refractivity contribution in [1.29, 1.82) is 0 Å². The second kappa shape index (κ2) is 9.43. The molecule has 4 aliphatic rings. The maximum Gasteiger partial charge on any atom is 0.452 e. The van der Waals surface area contributed by atoms with Crippen molar-refractivity contribution in [2.45, 2.75) is 36.6 Å². The van der Waals surface area contributed by atoms with E-state index in [0.29, 0.717) is 12.2 Å². The SMILES string of the molecule is CO[C@@]12[C@H](COC(N)=O)c3c(O)c(N=NC(=O)OCC4c5ccccc5-c5ccccc54)c(C)c(O)c3N1C[C@@H]1N[C@@H]12. The Morgan fingerprint density at radius 2 is 1.71 bits per heavy atom. The van der Waals surface area contributed by atoms with Gasteiger partial charge in [-0.15, -0.1) is 5.11 Å². The average Bonchev–Trinajstić information content (AvgIpc) is 3.47. The van der Waals surface area contributed by atoms with Crippen molar-refractivity contribution in [3.63, 3.8) is 0 Å². The van der Waals surface area contributed by atoms with Gasteiger partial charge < -0.3 is 40.4 Å². The first-order valence-electron chi connectivity index (χ1n) is 13.6. The molecule has 2 amide bonds. The highest BCUT2D eigenvalue weighted by Crippen LogP contribution is 2.64. The van der Waals surface area contributed by atoms with E-state index in [4.69, 9.17) is 19.9 Å². The van der Waals surface area contributed by atoms with Crippen LogP contribution in [0.4, 0.5) is 21.0 Å². The summed E-state index contributed by atoms with van der Waals surface area (Å²) in [4.78, 5) is 26.1. The lowest BCUT2D eigenvalue weighted by Crippen LogP contribution is -2.54. The van der Waals surface area contributed by atoms with Crippen LogP contribution in [0.1, 0.15) is 34.1 Å². The monoisotopic (exact) mass is 571 g/mol. The zero-order chi connectivity index (χ0) is 29.3. The molecule has 1 aliphatic carbocycles. The van der Waals surface area contributed by atoms with E-state index in [9.17, 15) is 19.8 Å². The van der Waals surface area contributed by atoms with Crippen LogP contribution in [-0.2, 0) is 14.2 Å². The van der Waals surface area contributed by atoms with E-state index >= 15 is 0 Å². The van der Waals surface area contributed by atoms with Crippen LogP contribution in [0.2, 0.25) is 0 Å². The number of azo groups is 1. The Balaban J connectivity index is 1.17. The Hall–Kier alpha value is -4.68. The Morgan fingerprint density at radius 3 is 2.36 bits per heavy atom. The molecule has 0 bridgehead atoms. The predicted octanol–water partition coefficient (Wildman–Crippen LogP) is 4.13. The van der Waals surface area contributed by atoms with E-state index in [1.807, 2.05) is 53.4 Å². The number of piperazine rings is 1. The van der Waals surface area contributed by atoms with Crippen LogP contribution in [-0.4, -0.2) is 67.1 Å². The summed E-state index contributed by atoms with van der Waals surface area (Å²) in [6.45, 7) is 1.92. The Bertz CT molecular complexity index is 1630. The summed E-state index contributed by atoms with van der Waals surface area (Å²) in [5.74, 6) is -1.32. The number of hydrogen-bond acceptors (Lipinski definition) is 10. The van der Waals surface area contributed by atoms with Crippen molar-refractivity contribution in [3.05, 3.63) is 70.8 Å². The number of primary amides is 1. The summed E-state index contributed by atoms with van der Waals surface area (Å²) < 4.78 is 16.7. The molecule has 0 unspecified atom stereocenters. The number of rotatable bonds is 6. The van der Waals surface area contributed by atoms with Gasteiger partial charge >= 0.3 is 12.2 Å².